The molecule has 1 saturated heterocycles. The fourth-order valence-electron chi connectivity index (χ4n) is 2.71. The summed E-state index contributed by atoms with van der Waals surface area (Å²) in [6.07, 6.45) is 3.43. The lowest BCUT2D eigenvalue weighted by atomic mass is 10.00. The second kappa shape index (κ2) is 9.28. The van der Waals surface area contributed by atoms with E-state index < -0.39 is 0 Å². The van der Waals surface area contributed by atoms with Gasteiger partial charge in [-0.05, 0) is 37.3 Å². The molecule has 0 amide bonds. The summed E-state index contributed by atoms with van der Waals surface area (Å²) in [7, 11) is 3.52. The molecule has 1 aliphatic heterocycles. The summed E-state index contributed by atoms with van der Waals surface area (Å²) in [5.74, 6) is 3.51. The molecule has 128 valence electrons. The first kappa shape index (κ1) is 17.4. The highest BCUT2D eigenvalue weighted by Crippen LogP contribution is 2.19. The zero-order valence-corrected chi connectivity index (χ0v) is 14.5. The molecule has 23 heavy (non-hydrogen) atoms. The molecule has 5 heteroatoms. The molecule has 1 N–H and O–H groups in total. The number of hydrogen-bond donors (Lipinski definition) is 1. The van der Waals surface area contributed by atoms with Crippen LogP contribution in [0.25, 0.3) is 0 Å². The molecule has 0 aliphatic carbocycles. The lowest BCUT2D eigenvalue weighted by Gasteiger charge is -2.32. The van der Waals surface area contributed by atoms with E-state index in [1.807, 2.05) is 31.3 Å². The van der Waals surface area contributed by atoms with Crippen LogP contribution in [0.2, 0.25) is 0 Å². The van der Waals surface area contributed by atoms with E-state index in [2.05, 4.69) is 22.1 Å². The van der Waals surface area contributed by atoms with Crippen molar-refractivity contribution >= 4 is 5.96 Å². The highest BCUT2D eigenvalue weighted by Gasteiger charge is 2.18. The fourth-order valence-corrected chi connectivity index (χ4v) is 2.71. The highest BCUT2D eigenvalue weighted by molar-refractivity contribution is 5.79. The Kier molecular flexibility index (Phi) is 7.04. The molecule has 2 rings (SSSR count). The number of ether oxygens (including phenoxy) is 2. The van der Waals surface area contributed by atoms with E-state index in [-0.39, 0.29) is 0 Å². The van der Waals surface area contributed by atoms with Crippen LogP contribution in [-0.4, -0.2) is 51.3 Å². The number of piperidine rings is 1. The molecule has 0 aromatic heterocycles. The van der Waals surface area contributed by atoms with Crippen LogP contribution in [0.1, 0.15) is 26.2 Å². The molecule has 1 heterocycles. The van der Waals surface area contributed by atoms with Crippen LogP contribution >= 0.6 is 0 Å². The second-order valence-electron chi connectivity index (χ2n) is 6.02. The molecular weight excluding hydrogens is 290 g/mol. The molecule has 0 radical (unpaired) electrons. The minimum absolute atomic E-state index is 0.675. The maximum Gasteiger partial charge on any atom is 0.193 e. The van der Waals surface area contributed by atoms with Crippen molar-refractivity contribution in [2.75, 3.05) is 40.4 Å². The van der Waals surface area contributed by atoms with Crippen molar-refractivity contribution in [1.29, 1.82) is 0 Å². The predicted molar refractivity (Wildman–Crippen MR) is 94.4 cm³/mol. The van der Waals surface area contributed by atoms with Crippen molar-refractivity contribution in [2.45, 2.75) is 26.2 Å². The van der Waals surface area contributed by atoms with Gasteiger partial charge in [0.15, 0.2) is 5.96 Å². The zero-order chi connectivity index (χ0) is 16.5. The molecule has 1 fully saturated rings. The third-order valence-electron chi connectivity index (χ3n) is 4.21. The summed E-state index contributed by atoms with van der Waals surface area (Å²) in [5.41, 5.74) is 0. The van der Waals surface area contributed by atoms with E-state index in [0.29, 0.717) is 6.61 Å². The van der Waals surface area contributed by atoms with Crippen LogP contribution in [0.15, 0.2) is 29.3 Å². The second-order valence-corrected chi connectivity index (χ2v) is 6.02. The molecule has 0 bridgehead atoms. The topological polar surface area (TPSA) is 46.1 Å². The summed E-state index contributed by atoms with van der Waals surface area (Å²) in [5, 5.41) is 3.43. The van der Waals surface area contributed by atoms with Gasteiger partial charge in [-0.1, -0.05) is 13.0 Å². The minimum atomic E-state index is 0.675. The molecule has 0 unspecified atom stereocenters. The van der Waals surface area contributed by atoms with Gasteiger partial charge in [0.2, 0.25) is 0 Å². The van der Waals surface area contributed by atoms with Crippen LogP contribution < -0.4 is 14.8 Å². The van der Waals surface area contributed by atoms with Gasteiger partial charge in [0.25, 0.3) is 0 Å². The Balaban J connectivity index is 1.65. The number of likely N-dealkylation sites (tertiary alicyclic amines) is 1. The maximum absolute atomic E-state index is 5.75. The molecule has 1 aliphatic rings. The summed E-state index contributed by atoms with van der Waals surface area (Å²) >= 11 is 0. The van der Waals surface area contributed by atoms with Gasteiger partial charge in [-0.3, -0.25) is 4.99 Å². The molecule has 0 saturated carbocycles. The fraction of sp³-hybridized carbons (Fsp3) is 0.611. The van der Waals surface area contributed by atoms with Gasteiger partial charge in [-0.25, -0.2) is 0 Å². The predicted octanol–water partition coefficient (Wildman–Crippen LogP) is 2.77. The van der Waals surface area contributed by atoms with Gasteiger partial charge in [-0.15, -0.1) is 0 Å². The maximum atomic E-state index is 5.75. The first-order valence-electron chi connectivity index (χ1n) is 8.45. The van der Waals surface area contributed by atoms with E-state index in [1.165, 1.54) is 12.8 Å². The van der Waals surface area contributed by atoms with E-state index in [1.54, 1.807) is 7.11 Å². The Labute approximate surface area is 139 Å². The number of methoxy groups -OCH3 is 1. The number of guanidine groups is 1. The first-order chi connectivity index (χ1) is 11.2. The number of nitrogens with one attached hydrogen (secondary N) is 1. The van der Waals surface area contributed by atoms with Gasteiger partial charge in [0.05, 0.1) is 13.7 Å². The SMILES string of the molecule is CN=C(NCCCOc1cccc(OC)c1)N1CCC(C)CC1. The Bertz CT molecular complexity index is 497. The molecule has 0 spiro atoms. The van der Waals surface area contributed by atoms with Crippen molar-refractivity contribution < 1.29 is 9.47 Å². The highest BCUT2D eigenvalue weighted by atomic mass is 16.5. The normalized spacial score (nSPS) is 16.3. The first-order valence-corrected chi connectivity index (χ1v) is 8.45. The van der Waals surface area contributed by atoms with Crippen molar-refractivity contribution in [3.63, 3.8) is 0 Å². The average molecular weight is 319 g/mol. The van der Waals surface area contributed by atoms with E-state index >= 15 is 0 Å². The minimum Gasteiger partial charge on any atom is -0.497 e. The van der Waals surface area contributed by atoms with Crippen LogP contribution in [0.4, 0.5) is 0 Å². The van der Waals surface area contributed by atoms with E-state index in [4.69, 9.17) is 9.47 Å². The van der Waals surface area contributed by atoms with Gasteiger partial charge < -0.3 is 19.7 Å². The smallest absolute Gasteiger partial charge is 0.193 e. The Morgan fingerprint density at radius 1 is 1.30 bits per heavy atom. The largest absolute Gasteiger partial charge is 0.497 e. The van der Waals surface area contributed by atoms with E-state index in [0.717, 1.165) is 49.4 Å². The summed E-state index contributed by atoms with van der Waals surface area (Å²) < 4.78 is 10.9. The summed E-state index contributed by atoms with van der Waals surface area (Å²) in [4.78, 5) is 6.74. The van der Waals surface area contributed by atoms with Crippen molar-refractivity contribution in [3.05, 3.63) is 24.3 Å². The molecular formula is C18H29N3O2. The van der Waals surface area contributed by atoms with Crippen LogP contribution in [0.5, 0.6) is 11.5 Å². The Morgan fingerprint density at radius 2 is 2.04 bits per heavy atom. The monoisotopic (exact) mass is 319 g/mol. The zero-order valence-electron chi connectivity index (χ0n) is 14.5. The molecule has 0 atom stereocenters. The quantitative estimate of drug-likeness (QED) is 0.497. The van der Waals surface area contributed by atoms with Crippen LogP contribution in [0.3, 0.4) is 0 Å². The molecule has 1 aromatic rings. The van der Waals surface area contributed by atoms with Crippen molar-refractivity contribution in [2.24, 2.45) is 10.9 Å². The lowest BCUT2D eigenvalue weighted by Crippen LogP contribution is -2.45. The van der Waals surface area contributed by atoms with Gasteiger partial charge >= 0.3 is 0 Å². The summed E-state index contributed by atoms with van der Waals surface area (Å²) in [6.45, 7) is 6.06. The number of nitrogens with zero attached hydrogens (tertiary/aromatic N) is 2. The van der Waals surface area contributed by atoms with Crippen molar-refractivity contribution in [3.8, 4) is 11.5 Å². The average Bonchev–Trinajstić information content (AvgIpc) is 2.59. The molecule has 5 nitrogen and oxygen atoms in total. The van der Waals surface area contributed by atoms with Crippen LogP contribution in [0, 0.1) is 5.92 Å². The Morgan fingerprint density at radius 3 is 2.74 bits per heavy atom. The number of benzene rings is 1. The third kappa shape index (κ3) is 5.66. The third-order valence-corrected chi connectivity index (χ3v) is 4.21. The Hall–Kier alpha value is -1.91. The lowest BCUT2D eigenvalue weighted by molar-refractivity contribution is 0.271. The van der Waals surface area contributed by atoms with Crippen molar-refractivity contribution in [1.82, 2.24) is 10.2 Å². The summed E-state index contributed by atoms with van der Waals surface area (Å²) in [6, 6.07) is 7.70. The number of rotatable bonds is 6. The van der Waals surface area contributed by atoms with Crippen LogP contribution in [-0.2, 0) is 0 Å². The van der Waals surface area contributed by atoms with Gasteiger partial charge in [0.1, 0.15) is 11.5 Å². The number of hydrogen-bond acceptors (Lipinski definition) is 3. The van der Waals surface area contributed by atoms with Gasteiger partial charge in [-0.2, -0.15) is 0 Å². The number of aliphatic imine (C=N–C) groups is 1. The molecule has 1 aromatic carbocycles. The standard InChI is InChI=1S/C18H29N3O2/c1-15-8-11-21(12-9-15)18(19-2)20-10-5-13-23-17-7-4-6-16(14-17)22-3/h4,6-7,14-15H,5,8-13H2,1-3H3,(H,19,20). The van der Waals surface area contributed by atoms with E-state index in [9.17, 15) is 0 Å². The van der Waals surface area contributed by atoms with Gasteiger partial charge in [0, 0.05) is 32.7 Å².